The molecule has 1 aliphatic rings. The van der Waals surface area contributed by atoms with Crippen LogP contribution < -0.4 is 0 Å². The molecule has 0 N–H and O–H groups in total. The predicted octanol–water partition coefficient (Wildman–Crippen LogP) is 7.16. The van der Waals surface area contributed by atoms with Crippen molar-refractivity contribution in [3.05, 3.63) is 64.7 Å². The lowest BCUT2D eigenvalue weighted by Crippen LogP contribution is -2.24. The summed E-state index contributed by atoms with van der Waals surface area (Å²) in [6.45, 7) is 0. The zero-order valence-electron chi connectivity index (χ0n) is 13.6. The van der Waals surface area contributed by atoms with E-state index >= 15 is 0 Å². The molecular formula is C19H16Cl2F3NS. The minimum absolute atomic E-state index is 0.226. The molecule has 0 aliphatic carbocycles. The average molecular weight is 418 g/mol. The van der Waals surface area contributed by atoms with Crippen LogP contribution in [0.1, 0.15) is 23.5 Å². The summed E-state index contributed by atoms with van der Waals surface area (Å²) in [6, 6.07) is 12.7. The molecule has 0 spiro atoms. The molecule has 0 radical (unpaired) electrons. The molecule has 138 valence electrons. The van der Waals surface area contributed by atoms with Gasteiger partial charge in [0, 0.05) is 17.6 Å². The topological polar surface area (TPSA) is 12.4 Å². The van der Waals surface area contributed by atoms with E-state index in [1.165, 1.54) is 12.1 Å². The summed E-state index contributed by atoms with van der Waals surface area (Å²) in [5, 5.41) is 1.29. The number of thioether (sulfide) groups is 1. The first-order valence-corrected chi connectivity index (χ1v) is 9.97. The van der Waals surface area contributed by atoms with Gasteiger partial charge in [0.15, 0.2) is 0 Å². The first-order chi connectivity index (χ1) is 12.4. The third kappa shape index (κ3) is 4.56. The zero-order chi connectivity index (χ0) is 18.7. The Morgan fingerprint density at radius 2 is 1.88 bits per heavy atom. The van der Waals surface area contributed by atoms with E-state index in [4.69, 9.17) is 23.2 Å². The smallest absolute Gasteiger partial charge is 0.244 e. The summed E-state index contributed by atoms with van der Waals surface area (Å²) in [6.07, 6.45) is -3.70. The number of benzene rings is 2. The highest BCUT2D eigenvalue weighted by Crippen LogP contribution is 2.41. The normalized spacial score (nSPS) is 22.6. The van der Waals surface area contributed by atoms with Crippen LogP contribution in [0.25, 0.3) is 0 Å². The maximum atomic E-state index is 13.1. The Hall–Kier alpha value is -1.17. The molecular weight excluding hydrogens is 402 g/mol. The lowest BCUT2D eigenvalue weighted by Gasteiger charge is -2.30. The van der Waals surface area contributed by atoms with Crippen molar-refractivity contribution in [2.24, 2.45) is 10.9 Å². The molecule has 1 saturated heterocycles. The first-order valence-electron chi connectivity index (χ1n) is 8.07. The number of para-hydroxylation sites is 1. The van der Waals surface area contributed by atoms with Gasteiger partial charge < -0.3 is 0 Å². The van der Waals surface area contributed by atoms with Crippen molar-refractivity contribution in [1.29, 1.82) is 0 Å². The van der Waals surface area contributed by atoms with Crippen LogP contribution in [-0.4, -0.2) is 16.7 Å². The standard InChI is InChI=1S/C19H16Cl2F3NS/c20-10-12-8-15(13-4-3-5-14(9-13)19(22,23)24)18(26-11-12)25-17-7-2-1-6-16(17)21/h1-7,9,12,15H,8,10-11H2. The van der Waals surface area contributed by atoms with Crippen molar-refractivity contribution in [2.75, 3.05) is 11.6 Å². The molecule has 1 nitrogen and oxygen atoms in total. The van der Waals surface area contributed by atoms with Gasteiger partial charge in [0.25, 0.3) is 0 Å². The van der Waals surface area contributed by atoms with Crippen LogP contribution in [-0.2, 0) is 6.18 Å². The average Bonchev–Trinajstić information content (AvgIpc) is 2.63. The zero-order valence-corrected chi connectivity index (χ0v) is 16.0. The van der Waals surface area contributed by atoms with Crippen molar-refractivity contribution in [3.8, 4) is 0 Å². The Kier molecular flexibility index (Phi) is 6.21. The van der Waals surface area contributed by atoms with Gasteiger partial charge in [-0.05, 0) is 36.1 Å². The largest absolute Gasteiger partial charge is 0.416 e. The maximum absolute atomic E-state index is 13.1. The van der Waals surface area contributed by atoms with E-state index in [2.05, 4.69) is 4.99 Å². The van der Waals surface area contributed by atoms with E-state index in [-0.39, 0.29) is 11.8 Å². The van der Waals surface area contributed by atoms with Crippen molar-refractivity contribution in [1.82, 2.24) is 0 Å². The van der Waals surface area contributed by atoms with E-state index in [1.54, 1.807) is 30.0 Å². The number of nitrogens with zero attached hydrogens (tertiary/aromatic N) is 1. The van der Waals surface area contributed by atoms with Gasteiger partial charge >= 0.3 is 6.18 Å². The number of halogens is 5. The second-order valence-electron chi connectivity index (χ2n) is 6.14. The van der Waals surface area contributed by atoms with E-state index < -0.39 is 11.7 Å². The fourth-order valence-electron chi connectivity index (χ4n) is 2.90. The lowest BCUT2D eigenvalue weighted by molar-refractivity contribution is -0.137. The van der Waals surface area contributed by atoms with Crippen LogP contribution in [0.15, 0.2) is 53.5 Å². The Balaban J connectivity index is 2.01. The number of alkyl halides is 4. The molecule has 7 heteroatoms. The predicted molar refractivity (Wildman–Crippen MR) is 104 cm³/mol. The molecule has 0 aromatic heterocycles. The molecule has 0 bridgehead atoms. The molecule has 2 aromatic rings. The highest BCUT2D eigenvalue weighted by Gasteiger charge is 2.33. The summed E-state index contributed by atoms with van der Waals surface area (Å²) >= 11 is 13.7. The SMILES string of the molecule is FC(F)(F)c1cccc(C2CC(CCl)CSC2=Nc2ccccc2Cl)c1. The quantitative estimate of drug-likeness (QED) is 0.482. The number of hydrogen-bond acceptors (Lipinski definition) is 2. The van der Waals surface area contributed by atoms with Crippen molar-refractivity contribution in [3.63, 3.8) is 0 Å². The second kappa shape index (κ2) is 8.24. The Labute approximate surface area is 164 Å². The van der Waals surface area contributed by atoms with Crippen LogP contribution >= 0.6 is 35.0 Å². The lowest BCUT2D eigenvalue weighted by atomic mass is 9.89. The first kappa shape index (κ1) is 19.6. The minimum Gasteiger partial charge on any atom is -0.244 e. The summed E-state index contributed by atoms with van der Waals surface area (Å²) < 4.78 is 39.3. The maximum Gasteiger partial charge on any atom is 0.416 e. The second-order valence-corrected chi connectivity index (χ2v) is 7.90. The molecule has 2 unspecified atom stereocenters. The third-order valence-corrected chi connectivity index (χ3v) is 6.32. The minimum atomic E-state index is -4.37. The Morgan fingerprint density at radius 1 is 1.12 bits per heavy atom. The Bertz CT molecular complexity index is 807. The van der Waals surface area contributed by atoms with E-state index in [1.807, 2.05) is 12.1 Å². The van der Waals surface area contributed by atoms with E-state index in [0.717, 1.165) is 16.9 Å². The molecule has 26 heavy (non-hydrogen) atoms. The third-order valence-electron chi connectivity index (χ3n) is 4.25. The van der Waals surface area contributed by atoms with Crippen molar-refractivity contribution < 1.29 is 13.2 Å². The molecule has 1 heterocycles. The van der Waals surface area contributed by atoms with Crippen molar-refractivity contribution in [2.45, 2.75) is 18.5 Å². The molecule has 1 fully saturated rings. The van der Waals surface area contributed by atoms with Gasteiger partial charge in [0.05, 0.1) is 21.3 Å². The van der Waals surface area contributed by atoms with Crippen LogP contribution in [0, 0.1) is 5.92 Å². The van der Waals surface area contributed by atoms with Gasteiger partial charge in [0.1, 0.15) is 0 Å². The molecule has 2 aromatic carbocycles. The van der Waals surface area contributed by atoms with Crippen LogP contribution in [0.3, 0.4) is 0 Å². The van der Waals surface area contributed by atoms with E-state index in [9.17, 15) is 13.2 Å². The molecule has 3 rings (SSSR count). The van der Waals surface area contributed by atoms with Crippen LogP contribution in [0.5, 0.6) is 0 Å². The summed E-state index contributed by atoms with van der Waals surface area (Å²) in [5.41, 5.74) is 0.580. The number of hydrogen-bond donors (Lipinski definition) is 0. The van der Waals surface area contributed by atoms with Crippen molar-refractivity contribution >= 4 is 45.7 Å². The van der Waals surface area contributed by atoms with Crippen LogP contribution in [0.2, 0.25) is 5.02 Å². The van der Waals surface area contributed by atoms with Gasteiger partial charge in [-0.1, -0.05) is 41.9 Å². The summed E-state index contributed by atoms with van der Waals surface area (Å²) in [5.74, 6) is 1.27. The summed E-state index contributed by atoms with van der Waals surface area (Å²) in [4.78, 5) is 4.66. The highest BCUT2D eigenvalue weighted by molar-refractivity contribution is 8.14. The monoisotopic (exact) mass is 417 g/mol. The molecule has 0 amide bonds. The Morgan fingerprint density at radius 3 is 2.58 bits per heavy atom. The highest BCUT2D eigenvalue weighted by atomic mass is 35.5. The van der Waals surface area contributed by atoms with Gasteiger partial charge in [-0.25, -0.2) is 4.99 Å². The molecule has 0 saturated carbocycles. The summed E-state index contributed by atoms with van der Waals surface area (Å²) in [7, 11) is 0. The number of aliphatic imine (C=N–C) groups is 1. The fraction of sp³-hybridized carbons (Fsp3) is 0.316. The van der Waals surface area contributed by atoms with E-state index in [0.29, 0.717) is 28.6 Å². The number of rotatable bonds is 3. The van der Waals surface area contributed by atoms with Gasteiger partial charge in [-0.3, -0.25) is 0 Å². The molecule has 1 aliphatic heterocycles. The fourth-order valence-corrected chi connectivity index (χ4v) is 4.69. The van der Waals surface area contributed by atoms with Crippen LogP contribution in [0.4, 0.5) is 18.9 Å². The molecule has 2 atom stereocenters. The van der Waals surface area contributed by atoms with Gasteiger partial charge in [-0.15, -0.1) is 23.4 Å². The van der Waals surface area contributed by atoms with Gasteiger partial charge in [0.2, 0.25) is 0 Å². The van der Waals surface area contributed by atoms with Gasteiger partial charge in [-0.2, -0.15) is 13.2 Å².